The molecule has 0 heterocycles. The third-order valence-electron chi connectivity index (χ3n) is 11.5. The lowest BCUT2D eigenvalue weighted by molar-refractivity contribution is -0.0594. The largest absolute Gasteiger partial charge is 0.458 e. The van der Waals surface area contributed by atoms with E-state index in [2.05, 4.69) is 40.7 Å². The van der Waals surface area contributed by atoms with Crippen LogP contribution in [-0.4, -0.2) is 12.1 Å². The number of rotatable bonds is 7. The average molecular weight is 491 g/mol. The third-order valence-corrected chi connectivity index (χ3v) is 11.5. The highest BCUT2D eigenvalue weighted by Crippen LogP contribution is 2.67. The van der Waals surface area contributed by atoms with E-state index in [1.165, 1.54) is 57.8 Å². The molecule has 3 saturated carbocycles. The molecule has 4 aliphatic rings. The summed E-state index contributed by atoms with van der Waals surface area (Å²) >= 11 is 0. The fraction of sp³-hybridized carbons (Fsp3) is 0.735. The van der Waals surface area contributed by atoms with Crippen molar-refractivity contribution in [2.45, 2.75) is 111 Å². The van der Waals surface area contributed by atoms with Crippen molar-refractivity contribution in [3.63, 3.8) is 0 Å². The minimum Gasteiger partial charge on any atom is -0.458 e. The Kier molecular flexibility index (Phi) is 7.45. The van der Waals surface area contributed by atoms with Gasteiger partial charge in [0.05, 0.1) is 5.56 Å². The summed E-state index contributed by atoms with van der Waals surface area (Å²) in [5.41, 5.74) is 3.12. The van der Waals surface area contributed by atoms with Gasteiger partial charge in [0.25, 0.3) is 0 Å². The minimum absolute atomic E-state index is 0.0324. The average Bonchev–Trinajstić information content (AvgIpc) is 3.22. The lowest BCUT2D eigenvalue weighted by Crippen LogP contribution is -2.51. The van der Waals surface area contributed by atoms with Gasteiger partial charge in [0.15, 0.2) is 0 Å². The van der Waals surface area contributed by atoms with Crippen LogP contribution in [0.4, 0.5) is 0 Å². The van der Waals surface area contributed by atoms with Crippen molar-refractivity contribution in [1.29, 1.82) is 0 Å². The summed E-state index contributed by atoms with van der Waals surface area (Å²) in [7, 11) is 0. The molecule has 36 heavy (non-hydrogen) atoms. The van der Waals surface area contributed by atoms with Crippen molar-refractivity contribution < 1.29 is 9.53 Å². The molecule has 5 rings (SSSR count). The molecule has 0 aromatic heterocycles. The monoisotopic (exact) mass is 490 g/mol. The molecular formula is C34H50O2. The lowest BCUT2D eigenvalue weighted by Gasteiger charge is -2.58. The number of allylic oxidation sites excluding steroid dienone is 1. The Morgan fingerprint density at radius 2 is 1.75 bits per heavy atom. The Bertz CT molecular complexity index is 947. The van der Waals surface area contributed by atoms with E-state index in [0.717, 1.165) is 48.3 Å². The second-order valence-electron chi connectivity index (χ2n) is 13.9. The zero-order valence-corrected chi connectivity index (χ0v) is 23.6. The van der Waals surface area contributed by atoms with Crippen LogP contribution in [0.5, 0.6) is 0 Å². The first kappa shape index (κ1) is 26.1. The second-order valence-corrected chi connectivity index (χ2v) is 13.9. The molecule has 198 valence electrons. The third kappa shape index (κ3) is 4.71. The van der Waals surface area contributed by atoms with Crippen LogP contribution in [0.15, 0.2) is 42.0 Å². The maximum Gasteiger partial charge on any atom is 0.338 e. The van der Waals surface area contributed by atoms with Gasteiger partial charge in [-0.25, -0.2) is 4.79 Å². The van der Waals surface area contributed by atoms with E-state index >= 15 is 0 Å². The van der Waals surface area contributed by atoms with Crippen molar-refractivity contribution in [3.8, 4) is 0 Å². The number of benzene rings is 1. The van der Waals surface area contributed by atoms with E-state index in [0.29, 0.717) is 16.4 Å². The van der Waals surface area contributed by atoms with Crippen LogP contribution in [-0.2, 0) is 4.74 Å². The van der Waals surface area contributed by atoms with Crippen molar-refractivity contribution >= 4 is 5.97 Å². The normalized spacial score (nSPS) is 38.5. The molecule has 0 aliphatic heterocycles. The fourth-order valence-electron chi connectivity index (χ4n) is 9.55. The molecule has 2 heteroatoms. The molecule has 2 nitrogen and oxygen atoms in total. The van der Waals surface area contributed by atoms with E-state index in [-0.39, 0.29) is 12.1 Å². The molecule has 0 radical (unpaired) electrons. The van der Waals surface area contributed by atoms with Crippen LogP contribution < -0.4 is 0 Å². The van der Waals surface area contributed by atoms with Gasteiger partial charge in [0.2, 0.25) is 0 Å². The van der Waals surface area contributed by atoms with E-state index < -0.39 is 0 Å². The van der Waals surface area contributed by atoms with Crippen LogP contribution in [0.1, 0.15) is 116 Å². The topological polar surface area (TPSA) is 26.3 Å². The summed E-state index contributed by atoms with van der Waals surface area (Å²) in [6.07, 6.45) is 17.0. The van der Waals surface area contributed by atoms with Gasteiger partial charge in [-0.1, -0.05) is 83.7 Å². The Morgan fingerprint density at radius 1 is 0.972 bits per heavy atom. The predicted molar refractivity (Wildman–Crippen MR) is 149 cm³/mol. The first-order chi connectivity index (χ1) is 17.2. The van der Waals surface area contributed by atoms with E-state index in [9.17, 15) is 4.79 Å². The van der Waals surface area contributed by atoms with Crippen LogP contribution in [0.25, 0.3) is 0 Å². The lowest BCUT2D eigenvalue weighted by atomic mass is 9.47. The smallest absolute Gasteiger partial charge is 0.338 e. The summed E-state index contributed by atoms with van der Waals surface area (Å²) in [6.45, 7) is 12.6. The van der Waals surface area contributed by atoms with Crippen molar-refractivity contribution in [2.24, 2.45) is 46.3 Å². The SMILES string of the molecule is CC(C)CCC[C@@H](C)[C@H]1CC[C@@H]2[C@H]3CC=C4C[C@@H](OC(=O)c5ccccc5)CC[C@]4(C)[C@H]3CC[C@@]21C. The molecule has 0 spiro atoms. The van der Waals surface area contributed by atoms with Crippen LogP contribution in [0.2, 0.25) is 0 Å². The number of hydrogen-bond donors (Lipinski definition) is 0. The summed E-state index contributed by atoms with van der Waals surface area (Å²) in [6, 6.07) is 9.49. The molecule has 0 saturated heterocycles. The van der Waals surface area contributed by atoms with E-state index in [4.69, 9.17) is 4.74 Å². The highest BCUT2D eigenvalue weighted by atomic mass is 16.5. The van der Waals surface area contributed by atoms with Crippen molar-refractivity contribution in [1.82, 2.24) is 0 Å². The Labute approximate surface area is 220 Å². The van der Waals surface area contributed by atoms with Gasteiger partial charge < -0.3 is 4.74 Å². The standard InChI is InChI=1S/C34H50O2/c1-23(2)10-9-11-24(3)29-16-17-30-28-15-14-26-22-27(36-32(35)25-12-7-6-8-13-25)18-20-33(26,4)31(28)19-21-34(29,30)5/h6-8,12-14,23-24,27-31H,9-11,15-22H2,1-5H3/t24-,27+,28-,29-,30-,31+,33+,34-/m1/s1. The van der Waals surface area contributed by atoms with Gasteiger partial charge in [-0.3, -0.25) is 0 Å². The number of carbonyl (C=O) groups is 1. The summed E-state index contributed by atoms with van der Waals surface area (Å²) in [5, 5.41) is 0. The Hall–Kier alpha value is -1.57. The molecule has 8 atom stereocenters. The Morgan fingerprint density at radius 3 is 2.50 bits per heavy atom. The molecule has 0 bridgehead atoms. The molecule has 3 fully saturated rings. The van der Waals surface area contributed by atoms with Crippen LogP contribution >= 0.6 is 0 Å². The predicted octanol–water partition coefficient (Wildman–Crippen LogP) is 9.25. The minimum atomic E-state index is -0.161. The molecule has 1 aromatic rings. The molecular weight excluding hydrogens is 440 g/mol. The number of fused-ring (bicyclic) bond motifs is 5. The molecule has 0 N–H and O–H groups in total. The maximum absolute atomic E-state index is 12.7. The van der Waals surface area contributed by atoms with Gasteiger partial charge in [0, 0.05) is 6.42 Å². The van der Waals surface area contributed by atoms with Crippen molar-refractivity contribution in [2.75, 3.05) is 0 Å². The van der Waals surface area contributed by atoms with Gasteiger partial charge in [-0.15, -0.1) is 0 Å². The summed E-state index contributed by atoms with van der Waals surface area (Å²) < 4.78 is 6.00. The van der Waals surface area contributed by atoms with Gasteiger partial charge in [-0.2, -0.15) is 0 Å². The van der Waals surface area contributed by atoms with Crippen molar-refractivity contribution in [3.05, 3.63) is 47.5 Å². The number of carbonyl (C=O) groups excluding carboxylic acids is 1. The molecule has 0 unspecified atom stereocenters. The van der Waals surface area contributed by atoms with Crippen LogP contribution in [0, 0.1) is 46.3 Å². The summed E-state index contributed by atoms with van der Waals surface area (Å²) in [4.78, 5) is 12.7. The molecule has 0 amide bonds. The van der Waals surface area contributed by atoms with E-state index in [1.807, 2.05) is 30.3 Å². The maximum atomic E-state index is 12.7. The fourth-order valence-corrected chi connectivity index (χ4v) is 9.55. The first-order valence-electron chi connectivity index (χ1n) is 15.2. The van der Waals surface area contributed by atoms with Gasteiger partial charge in [0.1, 0.15) is 6.10 Å². The van der Waals surface area contributed by atoms with Gasteiger partial charge >= 0.3 is 5.97 Å². The summed E-state index contributed by atoms with van der Waals surface area (Å²) in [5.74, 6) is 5.03. The molecule has 1 aromatic carbocycles. The first-order valence-corrected chi connectivity index (χ1v) is 15.2. The zero-order valence-electron chi connectivity index (χ0n) is 23.6. The highest BCUT2D eigenvalue weighted by molar-refractivity contribution is 5.89. The van der Waals surface area contributed by atoms with Crippen LogP contribution in [0.3, 0.4) is 0 Å². The number of esters is 1. The quantitative estimate of drug-likeness (QED) is 0.281. The second kappa shape index (κ2) is 10.3. The Balaban J connectivity index is 1.25. The zero-order chi connectivity index (χ0) is 25.5. The highest BCUT2D eigenvalue weighted by Gasteiger charge is 2.59. The van der Waals surface area contributed by atoms with E-state index in [1.54, 1.807) is 5.57 Å². The number of hydrogen-bond acceptors (Lipinski definition) is 2. The number of ether oxygens (including phenoxy) is 1. The van der Waals surface area contributed by atoms with Gasteiger partial charge in [-0.05, 0) is 103 Å². The molecule has 4 aliphatic carbocycles.